The van der Waals surface area contributed by atoms with Crippen molar-refractivity contribution in [3.05, 3.63) is 105 Å². The van der Waals surface area contributed by atoms with Crippen molar-refractivity contribution in [3.8, 4) is 5.75 Å². The van der Waals surface area contributed by atoms with E-state index in [2.05, 4.69) is 29.6 Å². The van der Waals surface area contributed by atoms with Crippen LogP contribution in [0.5, 0.6) is 5.75 Å². The number of hydrogen-bond acceptors (Lipinski definition) is 4. The molecular weight excluding hydrogens is 581 g/mol. The normalized spacial score (nSPS) is 19.7. The molecule has 1 aliphatic carbocycles. The molecule has 3 aliphatic rings. The molecule has 0 radical (unpaired) electrons. The lowest BCUT2D eigenvalue weighted by Crippen LogP contribution is -2.61. The second-order valence-electron chi connectivity index (χ2n) is 11.8. The smallest absolute Gasteiger partial charge is 0.252 e. The van der Waals surface area contributed by atoms with Gasteiger partial charge in [-0.15, -0.1) is 0 Å². The van der Waals surface area contributed by atoms with Gasteiger partial charge in [-0.05, 0) is 72.6 Å². The lowest BCUT2D eigenvalue weighted by atomic mass is 9.82. The summed E-state index contributed by atoms with van der Waals surface area (Å²) >= 11 is 12.9. The molecule has 2 heterocycles. The lowest BCUT2D eigenvalue weighted by molar-refractivity contribution is -0.132. The van der Waals surface area contributed by atoms with Crippen LogP contribution in [-0.2, 0) is 22.6 Å². The first kappa shape index (κ1) is 29.7. The molecule has 3 aromatic carbocycles. The average molecular weight is 619 g/mol. The Balaban J connectivity index is 1.26. The molecule has 0 aromatic heterocycles. The summed E-state index contributed by atoms with van der Waals surface area (Å²) < 4.78 is 5.86. The number of ether oxygens (including phenoxy) is 1. The zero-order valence-electron chi connectivity index (χ0n) is 24.4. The number of carbonyl (C=O) groups excluding carboxylic acids is 2. The van der Waals surface area contributed by atoms with Gasteiger partial charge in [0.1, 0.15) is 5.75 Å². The van der Waals surface area contributed by atoms with Gasteiger partial charge < -0.3 is 19.9 Å². The van der Waals surface area contributed by atoms with Crippen LogP contribution in [0.2, 0.25) is 10.0 Å². The minimum absolute atomic E-state index is 0.0111. The summed E-state index contributed by atoms with van der Waals surface area (Å²) in [6.07, 6.45) is 4.44. The van der Waals surface area contributed by atoms with Crippen molar-refractivity contribution < 1.29 is 14.3 Å². The third-order valence-electron chi connectivity index (χ3n) is 8.63. The van der Waals surface area contributed by atoms with E-state index in [0.29, 0.717) is 42.7 Å². The van der Waals surface area contributed by atoms with Crippen LogP contribution in [0.3, 0.4) is 0 Å². The molecular formula is C35H37Cl2N3O3. The van der Waals surface area contributed by atoms with Gasteiger partial charge in [0.05, 0.1) is 22.7 Å². The number of nitrogens with zero attached hydrogens (tertiary/aromatic N) is 2. The van der Waals surface area contributed by atoms with Crippen molar-refractivity contribution in [2.75, 3.05) is 19.7 Å². The number of rotatable bonds is 10. The Morgan fingerprint density at radius 2 is 1.74 bits per heavy atom. The first-order valence-corrected chi connectivity index (χ1v) is 15.9. The monoisotopic (exact) mass is 617 g/mol. The number of piperazine rings is 1. The molecule has 0 spiro atoms. The highest BCUT2D eigenvalue weighted by molar-refractivity contribution is 6.42. The molecule has 2 aliphatic heterocycles. The van der Waals surface area contributed by atoms with Crippen LogP contribution >= 0.6 is 23.2 Å². The summed E-state index contributed by atoms with van der Waals surface area (Å²) in [5, 5.41) is 4.64. The van der Waals surface area contributed by atoms with Crippen molar-refractivity contribution in [1.29, 1.82) is 0 Å². The van der Waals surface area contributed by atoms with Gasteiger partial charge in [-0.1, -0.05) is 77.8 Å². The highest BCUT2D eigenvalue weighted by atomic mass is 35.5. The predicted octanol–water partition coefficient (Wildman–Crippen LogP) is 6.54. The van der Waals surface area contributed by atoms with Crippen LogP contribution in [0.4, 0.5) is 0 Å². The molecule has 1 saturated heterocycles. The number of nitrogens with one attached hydrogen (secondary N) is 1. The number of halogens is 2. The largest absolute Gasteiger partial charge is 0.494 e. The Kier molecular flexibility index (Phi) is 9.08. The maximum Gasteiger partial charge on any atom is 0.252 e. The SMILES string of the molecule is CC(=O)N1C[C@H]2CC(c3ccc(CCCOc4ccccc4)cc3)=C(C(=O)N(Cc3cccc(Cl)c3Cl)C3CC3)[C@@H](C1)N2. The number of amides is 2. The first-order valence-electron chi connectivity index (χ1n) is 15.1. The van der Waals surface area contributed by atoms with Gasteiger partial charge >= 0.3 is 0 Å². The predicted molar refractivity (Wildman–Crippen MR) is 171 cm³/mol. The maximum atomic E-state index is 14.5. The van der Waals surface area contributed by atoms with E-state index in [4.69, 9.17) is 27.9 Å². The van der Waals surface area contributed by atoms with E-state index in [1.165, 1.54) is 5.56 Å². The maximum absolute atomic E-state index is 14.5. The van der Waals surface area contributed by atoms with Gasteiger partial charge in [0.25, 0.3) is 5.91 Å². The van der Waals surface area contributed by atoms with Crippen molar-refractivity contribution >= 4 is 40.6 Å². The Morgan fingerprint density at radius 3 is 2.47 bits per heavy atom. The van der Waals surface area contributed by atoms with Crippen molar-refractivity contribution in [3.63, 3.8) is 0 Å². The number of fused-ring (bicyclic) bond motifs is 2. The summed E-state index contributed by atoms with van der Waals surface area (Å²) in [4.78, 5) is 30.8. The molecule has 6 nitrogen and oxygen atoms in total. The number of hydrogen-bond donors (Lipinski definition) is 1. The zero-order valence-corrected chi connectivity index (χ0v) is 25.9. The highest BCUT2D eigenvalue weighted by Gasteiger charge is 2.43. The van der Waals surface area contributed by atoms with Gasteiger partial charge in [0, 0.05) is 44.2 Å². The Hall–Kier alpha value is -3.32. The second-order valence-corrected chi connectivity index (χ2v) is 12.6. The Morgan fingerprint density at radius 1 is 0.977 bits per heavy atom. The summed E-state index contributed by atoms with van der Waals surface area (Å²) in [5.41, 5.74) is 4.98. The fraction of sp³-hybridized carbons (Fsp3) is 0.371. The third kappa shape index (κ3) is 6.93. The van der Waals surface area contributed by atoms with E-state index >= 15 is 0 Å². The topological polar surface area (TPSA) is 61.9 Å². The van der Waals surface area contributed by atoms with E-state index in [-0.39, 0.29) is 29.9 Å². The van der Waals surface area contributed by atoms with Crippen LogP contribution in [0.15, 0.2) is 78.4 Å². The van der Waals surface area contributed by atoms with Crippen molar-refractivity contribution in [1.82, 2.24) is 15.1 Å². The second kappa shape index (κ2) is 13.1. The van der Waals surface area contributed by atoms with Gasteiger partial charge in [0.2, 0.25) is 5.91 Å². The Labute approximate surface area is 263 Å². The van der Waals surface area contributed by atoms with Crippen LogP contribution in [-0.4, -0.2) is 59.4 Å². The molecule has 0 unspecified atom stereocenters. The number of para-hydroxylation sites is 1. The molecule has 1 N–H and O–H groups in total. The van der Waals surface area contributed by atoms with Gasteiger partial charge in [-0.2, -0.15) is 0 Å². The number of benzene rings is 3. The van der Waals surface area contributed by atoms with Crippen LogP contribution in [0.25, 0.3) is 5.57 Å². The minimum Gasteiger partial charge on any atom is -0.494 e. The molecule has 1 saturated carbocycles. The molecule has 6 rings (SSSR count). The summed E-state index contributed by atoms with van der Waals surface area (Å²) in [6.45, 7) is 3.78. The molecule has 8 heteroatoms. The van der Waals surface area contributed by atoms with E-state index in [1.54, 1.807) is 13.0 Å². The Bertz CT molecular complexity index is 1500. The highest BCUT2D eigenvalue weighted by Crippen LogP contribution is 2.38. The molecule has 2 bridgehead atoms. The fourth-order valence-corrected chi connectivity index (χ4v) is 6.62. The quantitative estimate of drug-likeness (QED) is 0.262. The zero-order chi connectivity index (χ0) is 29.9. The van der Waals surface area contributed by atoms with Crippen molar-refractivity contribution in [2.45, 2.75) is 63.7 Å². The number of aryl methyl sites for hydroxylation is 1. The molecule has 2 atom stereocenters. The van der Waals surface area contributed by atoms with Crippen LogP contribution < -0.4 is 10.1 Å². The van der Waals surface area contributed by atoms with E-state index in [1.807, 2.05) is 52.3 Å². The van der Waals surface area contributed by atoms with Gasteiger partial charge in [0.15, 0.2) is 0 Å². The lowest BCUT2D eigenvalue weighted by Gasteiger charge is -2.44. The fourth-order valence-electron chi connectivity index (χ4n) is 6.24. The molecule has 43 heavy (non-hydrogen) atoms. The summed E-state index contributed by atoms with van der Waals surface area (Å²) in [5.74, 6) is 0.939. The van der Waals surface area contributed by atoms with Crippen LogP contribution in [0.1, 0.15) is 49.3 Å². The third-order valence-corrected chi connectivity index (χ3v) is 9.48. The van der Waals surface area contributed by atoms with Crippen LogP contribution in [0, 0.1) is 0 Å². The van der Waals surface area contributed by atoms with Crippen molar-refractivity contribution in [2.24, 2.45) is 0 Å². The van der Waals surface area contributed by atoms with E-state index < -0.39 is 0 Å². The van der Waals surface area contributed by atoms with Gasteiger partial charge in [-0.3, -0.25) is 9.59 Å². The summed E-state index contributed by atoms with van der Waals surface area (Å²) in [6, 6.07) is 24.1. The first-order chi connectivity index (χ1) is 20.9. The average Bonchev–Trinajstić information content (AvgIpc) is 3.86. The van der Waals surface area contributed by atoms with Gasteiger partial charge in [-0.25, -0.2) is 0 Å². The molecule has 2 amide bonds. The van der Waals surface area contributed by atoms with E-state index in [9.17, 15) is 9.59 Å². The minimum atomic E-state index is -0.232. The standard InChI is InChI=1S/C35H37Cl2N3O3/c1-23(41)39-21-27-19-30(25-14-12-24(13-15-25)7-6-18-43-29-9-3-2-4-10-29)33(32(22-39)38-27)35(42)40(28-16-17-28)20-26-8-5-11-31(36)34(26)37/h2-5,8-15,27-28,32,38H,6-7,16-22H2,1H3/t27-,32-/m1/s1. The molecule has 3 aromatic rings. The molecule has 2 fully saturated rings. The summed E-state index contributed by atoms with van der Waals surface area (Å²) in [7, 11) is 0. The molecule has 224 valence electrons. The number of carbonyl (C=O) groups is 2. The van der Waals surface area contributed by atoms with E-state index in [0.717, 1.165) is 53.7 Å².